The number of fused-ring (bicyclic) bond motifs is 1. The molecule has 3 aromatic rings. The molecule has 1 heterocycles. The number of unbranched alkanes of at least 4 members (excludes halogenated alkanes) is 1. The minimum Gasteiger partial charge on any atom is -0.507 e. The number of aromatic amines is 1. The standard InChI is InChI=1S/C21H26N2O.C7H14O.C5H12O.C2H4O/c1-3-5-13-23(12-4-2)17-10-11-21(24)18(15-17)20-14-16-8-6-7-9-19(16)22-20;1-4-7(5-2)6(3)8;1-5(2,3)6-4;1-2-3/h6-11,14-15,22,24H,3-5,12-13H2,1-2H3;7H,4-5H2,1-3H3;1-4H3;2H,1H3. The second-order valence-electron chi connectivity index (χ2n) is 11.0. The summed E-state index contributed by atoms with van der Waals surface area (Å²) in [4.78, 5) is 25.2. The van der Waals surface area contributed by atoms with Gasteiger partial charge in [0.1, 0.15) is 17.8 Å². The van der Waals surface area contributed by atoms with Crippen LogP contribution >= 0.6 is 0 Å². The number of anilines is 1. The first-order valence-corrected chi connectivity index (χ1v) is 15.0. The lowest BCUT2D eigenvalue weighted by molar-refractivity contribution is -0.120. The van der Waals surface area contributed by atoms with Gasteiger partial charge in [-0.25, -0.2) is 0 Å². The van der Waals surface area contributed by atoms with Crippen molar-refractivity contribution in [3.8, 4) is 17.0 Å². The van der Waals surface area contributed by atoms with E-state index >= 15 is 0 Å². The van der Waals surface area contributed by atoms with Gasteiger partial charge in [0.05, 0.1) is 11.3 Å². The zero-order valence-corrected chi connectivity index (χ0v) is 27.3. The molecule has 0 aliphatic heterocycles. The third kappa shape index (κ3) is 14.9. The molecule has 0 unspecified atom stereocenters. The van der Waals surface area contributed by atoms with Crippen LogP contribution in [0.4, 0.5) is 5.69 Å². The number of Topliss-reactive ketones (excluding diaryl/α,β-unsaturated/α-hetero) is 1. The fraction of sp³-hybridized carbons (Fsp3) is 0.543. The van der Waals surface area contributed by atoms with Crippen LogP contribution in [0.2, 0.25) is 0 Å². The average molecular weight is 569 g/mol. The van der Waals surface area contributed by atoms with Crippen LogP contribution in [0, 0.1) is 5.92 Å². The molecule has 41 heavy (non-hydrogen) atoms. The molecule has 230 valence electrons. The van der Waals surface area contributed by atoms with E-state index in [9.17, 15) is 9.90 Å². The number of carbonyl (C=O) groups excluding carboxylic acids is 2. The summed E-state index contributed by atoms with van der Waals surface area (Å²) in [6.07, 6.45) is 6.22. The maximum Gasteiger partial charge on any atom is 0.132 e. The van der Waals surface area contributed by atoms with Gasteiger partial charge in [-0.05, 0) is 90.6 Å². The predicted octanol–water partition coefficient (Wildman–Crippen LogP) is 9.21. The van der Waals surface area contributed by atoms with Crippen LogP contribution in [0.5, 0.6) is 5.75 Å². The number of hydrogen-bond donors (Lipinski definition) is 2. The van der Waals surface area contributed by atoms with Gasteiger partial charge in [-0.1, -0.05) is 52.3 Å². The maximum atomic E-state index is 10.6. The molecule has 0 atom stereocenters. The number of aromatic nitrogens is 1. The lowest BCUT2D eigenvalue weighted by Crippen LogP contribution is -2.25. The molecule has 0 bridgehead atoms. The molecule has 2 aromatic carbocycles. The summed E-state index contributed by atoms with van der Waals surface area (Å²) in [5.41, 5.74) is 4.13. The Morgan fingerprint density at radius 3 is 2.02 bits per heavy atom. The molecule has 0 saturated carbocycles. The molecular weight excluding hydrogens is 512 g/mol. The zero-order chi connectivity index (χ0) is 31.4. The van der Waals surface area contributed by atoms with Crippen molar-refractivity contribution in [3.63, 3.8) is 0 Å². The topological polar surface area (TPSA) is 82.6 Å². The van der Waals surface area contributed by atoms with Gasteiger partial charge in [-0.2, -0.15) is 0 Å². The number of methoxy groups -OCH3 is 1. The molecule has 0 amide bonds. The summed E-state index contributed by atoms with van der Waals surface area (Å²) >= 11 is 0. The van der Waals surface area contributed by atoms with Crippen molar-refractivity contribution < 1.29 is 19.4 Å². The van der Waals surface area contributed by atoms with E-state index in [1.165, 1.54) is 25.5 Å². The first-order valence-electron chi connectivity index (χ1n) is 15.0. The number of carbonyl (C=O) groups is 2. The number of phenolic OH excluding ortho intramolecular Hbond substituents is 1. The number of hydrogen-bond acceptors (Lipinski definition) is 5. The highest BCUT2D eigenvalue weighted by Crippen LogP contribution is 2.34. The number of nitrogens with zero attached hydrogens (tertiary/aromatic N) is 1. The van der Waals surface area contributed by atoms with Gasteiger partial charge in [-0.15, -0.1) is 0 Å². The molecule has 0 aliphatic rings. The van der Waals surface area contributed by atoms with Crippen LogP contribution in [0.25, 0.3) is 22.2 Å². The number of H-pyrrole nitrogens is 1. The highest BCUT2D eigenvalue weighted by Gasteiger charge is 2.12. The Balaban J connectivity index is 0.000000775. The van der Waals surface area contributed by atoms with Crippen molar-refractivity contribution in [1.82, 2.24) is 4.98 Å². The molecule has 0 fully saturated rings. The number of rotatable bonds is 10. The maximum absolute atomic E-state index is 10.6. The van der Waals surface area contributed by atoms with E-state index in [4.69, 9.17) is 9.53 Å². The van der Waals surface area contributed by atoms with E-state index in [2.05, 4.69) is 61.8 Å². The highest BCUT2D eigenvalue weighted by atomic mass is 16.5. The number of phenols is 1. The third-order valence-corrected chi connectivity index (χ3v) is 6.61. The van der Waals surface area contributed by atoms with Gasteiger partial charge in [0, 0.05) is 48.3 Å². The molecule has 3 rings (SSSR count). The summed E-state index contributed by atoms with van der Waals surface area (Å²) in [5, 5.41) is 11.5. The Morgan fingerprint density at radius 2 is 1.59 bits per heavy atom. The van der Waals surface area contributed by atoms with E-state index in [1.807, 2.05) is 45.0 Å². The molecule has 0 aliphatic carbocycles. The third-order valence-electron chi connectivity index (χ3n) is 6.61. The van der Waals surface area contributed by atoms with E-state index in [-0.39, 0.29) is 5.60 Å². The second kappa shape index (κ2) is 20.7. The van der Waals surface area contributed by atoms with E-state index < -0.39 is 0 Å². The number of aldehydes is 1. The largest absolute Gasteiger partial charge is 0.507 e. The normalized spacial score (nSPS) is 10.5. The molecule has 0 radical (unpaired) electrons. The quantitative estimate of drug-likeness (QED) is 0.238. The van der Waals surface area contributed by atoms with Gasteiger partial charge in [0.25, 0.3) is 0 Å². The van der Waals surface area contributed by atoms with Gasteiger partial charge in [-0.3, -0.25) is 4.79 Å². The Kier molecular flexibility index (Phi) is 19.1. The molecule has 2 N–H and O–H groups in total. The first kappa shape index (κ1) is 37.9. The molecule has 1 aromatic heterocycles. The van der Waals surface area contributed by atoms with E-state index in [0.717, 1.165) is 60.8 Å². The monoisotopic (exact) mass is 568 g/mol. The van der Waals surface area contributed by atoms with Crippen molar-refractivity contribution in [2.45, 2.75) is 100 Å². The average Bonchev–Trinajstić information content (AvgIpc) is 3.37. The zero-order valence-electron chi connectivity index (χ0n) is 27.3. The van der Waals surface area contributed by atoms with Gasteiger partial charge in [0.15, 0.2) is 0 Å². The number of nitrogens with one attached hydrogen (secondary N) is 1. The number of ether oxygens (including phenoxy) is 1. The number of aromatic hydroxyl groups is 1. The van der Waals surface area contributed by atoms with Gasteiger partial charge in [0.2, 0.25) is 0 Å². The Morgan fingerprint density at radius 1 is 1.00 bits per heavy atom. The van der Waals surface area contributed by atoms with Crippen molar-refractivity contribution in [2.24, 2.45) is 5.92 Å². The van der Waals surface area contributed by atoms with Crippen molar-refractivity contribution in [1.29, 1.82) is 0 Å². The summed E-state index contributed by atoms with van der Waals surface area (Å²) < 4.78 is 4.94. The van der Waals surface area contributed by atoms with E-state index in [0.29, 0.717) is 17.5 Å². The summed E-state index contributed by atoms with van der Waals surface area (Å²) in [6, 6.07) is 16.2. The SMILES string of the molecule is CC=O.CCC(CC)C(C)=O.CCCCN(CCC)c1ccc(O)c(-c2cc3ccccc3[nH]2)c1.COC(C)(C)C. The Hall–Kier alpha value is -3.12. The molecular formula is C35H56N2O4. The second-order valence-corrected chi connectivity index (χ2v) is 11.0. The van der Waals surface area contributed by atoms with Crippen LogP contribution in [-0.4, -0.2) is 48.0 Å². The van der Waals surface area contributed by atoms with E-state index in [1.54, 1.807) is 14.0 Å². The Labute approximate surface area is 249 Å². The number of ketones is 1. The van der Waals surface area contributed by atoms with Crippen molar-refractivity contribution >= 4 is 28.7 Å². The number of benzene rings is 2. The Bertz CT molecular complexity index is 1090. The molecule has 0 saturated heterocycles. The fourth-order valence-electron chi connectivity index (χ4n) is 4.01. The van der Waals surface area contributed by atoms with Crippen LogP contribution < -0.4 is 4.90 Å². The summed E-state index contributed by atoms with van der Waals surface area (Å²) in [5.74, 6) is 0.960. The van der Waals surface area contributed by atoms with Crippen LogP contribution in [0.3, 0.4) is 0 Å². The molecule has 6 nitrogen and oxygen atoms in total. The highest BCUT2D eigenvalue weighted by molar-refractivity contribution is 5.87. The van der Waals surface area contributed by atoms with Gasteiger partial charge < -0.3 is 24.5 Å². The fourth-order valence-corrected chi connectivity index (χ4v) is 4.01. The molecule has 0 spiro atoms. The first-order chi connectivity index (χ1) is 19.4. The lowest BCUT2D eigenvalue weighted by Gasteiger charge is -2.25. The smallest absolute Gasteiger partial charge is 0.132 e. The van der Waals surface area contributed by atoms with Crippen LogP contribution in [-0.2, 0) is 14.3 Å². The summed E-state index contributed by atoms with van der Waals surface area (Å²) in [7, 11) is 1.71. The summed E-state index contributed by atoms with van der Waals surface area (Å²) in [6.45, 7) is 19.8. The van der Waals surface area contributed by atoms with Crippen LogP contribution in [0.15, 0.2) is 48.5 Å². The van der Waals surface area contributed by atoms with Crippen molar-refractivity contribution in [2.75, 3.05) is 25.1 Å². The van der Waals surface area contributed by atoms with Gasteiger partial charge >= 0.3 is 0 Å². The lowest BCUT2D eigenvalue weighted by atomic mass is 10.00. The molecule has 6 heteroatoms. The minimum atomic E-state index is 0.0417. The van der Waals surface area contributed by atoms with Crippen LogP contribution in [0.1, 0.15) is 94.4 Å². The minimum absolute atomic E-state index is 0.0417. The predicted molar refractivity (Wildman–Crippen MR) is 176 cm³/mol. The number of para-hydroxylation sites is 1. The van der Waals surface area contributed by atoms with Crippen molar-refractivity contribution in [3.05, 3.63) is 48.5 Å².